The normalized spacial score (nSPS) is 14.3. The molecule has 7 heteroatoms. The third-order valence-corrected chi connectivity index (χ3v) is 5.89. The van der Waals surface area contributed by atoms with E-state index in [4.69, 9.17) is 4.74 Å². The average Bonchev–Trinajstić information content (AvgIpc) is 2.83. The summed E-state index contributed by atoms with van der Waals surface area (Å²) in [6, 6.07) is 14.3. The minimum absolute atomic E-state index is 0. The molecule has 0 atom stereocenters. The lowest BCUT2D eigenvalue weighted by Crippen LogP contribution is -2.34. The Labute approximate surface area is 161 Å². The molecule has 0 spiro atoms. The number of anilines is 1. The van der Waals surface area contributed by atoms with E-state index >= 15 is 0 Å². The van der Waals surface area contributed by atoms with Crippen LogP contribution in [0.15, 0.2) is 53.4 Å². The third kappa shape index (κ3) is 4.50. The van der Waals surface area contributed by atoms with Gasteiger partial charge in [-0.25, -0.2) is 8.42 Å². The first-order chi connectivity index (χ1) is 12.0. The first-order valence-electron chi connectivity index (χ1n) is 8.52. The van der Waals surface area contributed by atoms with E-state index in [1.165, 1.54) is 4.31 Å². The van der Waals surface area contributed by atoms with Crippen LogP contribution in [-0.4, -0.2) is 28.1 Å². The number of fused-ring (bicyclic) bond motifs is 1. The molecule has 142 valence electrons. The van der Waals surface area contributed by atoms with Crippen LogP contribution in [0.3, 0.4) is 0 Å². The fourth-order valence-electron chi connectivity index (χ4n) is 2.78. The van der Waals surface area contributed by atoms with Crippen molar-refractivity contribution in [1.82, 2.24) is 5.32 Å². The lowest BCUT2D eigenvalue weighted by molar-refractivity contribution is 0.271. The lowest BCUT2D eigenvalue weighted by atomic mass is 10.2. The summed E-state index contributed by atoms with van der Waals surface area (Å²) in [6.07, 6.45) is 0. The van der Waals surface area contributed by atoms with Gasteiger partial charge in [0.15, 0.2) is 0 Å². The molecular weight excluding hydrogens is 372 g/mol. The standard InChI is InChI=1S/C19H24N2O3S.ClH/c1-15(2)14-24-17-7-9-18(10-8-17)25(22,23)21-12-11-20-13-16-5-3-4-6-19(16)21;/h3-10,15,20H,11-14H2,1-2H3;1H. The highest BCUT2D eigenvalue weighted by Gasteiger charge is 2.27. The van der Waals surface area contributed by atoms with Crippen LogP contribution in [0.1, 0.15) is 19.4 Å². The second kappa shape index (κ2) is 8.75. The summed E-state index contributed by atoms with van der Waals surface area (Å²) in [6.45, 7) is 6.45. The molecule has 1 heterocycles. The van der Waals surface area contributed by atoms with E-state index in [9.17, 15) is 8.42 Å². The molecule has 3 rings (SSSR count). The second-order valence-corrected chi connectivity index (χ2v) is 8.42. The maximum atomic E-state index is 13.1. The number of hydrogen-bond acceptors (Lipinski definition) is 4. The Balaban J connectivity index is 0.00000243. The maximum absolute atomic E-state index is 13.1. The van der Waals surface area contributed by atoms with Gasteiger partial charge in [0, 0.05) is 19.6 Å². The molecule has 0 bridgehead atoms. The Hall–Kier alpha value is -1.76. The monoisotopic (exact) mass is 396 g/mol. The predicted molar refractivity (Wildman–Crippen MR) is 107 cm³/mol. The smallest absolute Gasteiger partial charge is 0.264 e. The zero-order valence-electron chi connectivity index (χ0n) is 15.0. The van der Waals surface area contributed by atoms with Crippen molar-refractivity contribution in [2.45, 2.75) is 25.3 Å². The van der Waals surface area contributed by atoms with Gasteiger partial charge in [0.1, 0.15) is 5.75 Å². The number of halogens is 1. The summed E-state index contributed by atoms with van der Waals surface area (Å²) in [5.41, 5.74) is 1.73. The summed E-state index contributed by atoms with van der Waals surface area (Å²) in [4.78, 5) is 0.279. The Morgan fingerprint density at radius 2 is 1.81 bits per heavy atom. The van der Waals surface area contributed by atoms with Crippen LogP contribution in [0.2, 0.25) is 0 Å². The van der Waals surface area contributed by atoms with Crippen molar-refractivity contribution < 1.29 is 13.2 Å². The van der Waals surface area contributed by atoms with Gasteiger partial charge in [-0.1, -0.05) is 32.0 Å². The number of ether oxygens (including phenoxy) is 1. The van der Waals surface area contributed by atoms with Gasteiger partial charge in [-0.3, -0.25) is 4.31 Å². The molecule has 0 aromatic heterocycles. The molecule has 1 aliphatic heterocycles. The highest BCUT2D eigenvalue weighted by molar-refractivity contribution is 7.92. The van der Waals surface area contributed by atoms with E-state index in [2.05, 4.69) is 19.2 Å². The van der Waals surface area contributed by atoms with Crippen LogP contribution < -0.4 is 14.4 Å². The first kappa shape index (κ1) is 20.6. The summed E-state index contributed by atoms with van der Waals surface area (Å²) in [5.74, 6) is 1.11. The van der Waals surface area contributed by atoms with Crippen molar-refractivity contribution >= 4 is 28.1 Å². The van der Waals surface area contributed by atoms with E-state index in [0.717, 1.165) is 11.3 Å². The predicted octanol–water partition coefficient (Wildman–Crippen LogP) is 3.44. The number of sulfonamides is 1. The summed E-state index contributed by atoms with van der Waals surface area (Å²) < 4.78 is 33.4. The van der Waals surface area contributed by atoms with E-state index in [-0.39, 0.29) is 17.3 Å². The van der Waals surface area contributed by atoms with Crippen LogP contribution in [0.25, 0.3) is 0 Å². The molecule has 0 radical (unpaired) electrons. The maximum Gasteiger partial charge on any atom is 0.264 e. The fraction of sp³-hybridized carbons (Fsp3) is 0.368. The molecule has 0 saturated carbocycles. The number of hydrogen-bond donors (Lipinski definition) is 1. The Kier molecular flexibility index (Phi) is 6.92. The number of benzene rings is 2. The Morgan fingerprint density at radius 1 is 1.12 bits per heavy atom. The molecular formula is C19H25ClN2O3S. The van der Waals surface area contributed by atoms with Gasteiger partial charge in [-0.15, -0.1) is 12.4 Å². The summed E-state index contributed by atoms with van der Waals surface area (Å²) in [5, 5.41) is 3.27. The first-order valence-corrected chi connectivity index (χ1v) is 9.97. The number of nitrogens with zero attached hydrogens (tertiary/aromatic N) is 1. The van der Waals surface area contributed by atoms with E-state index in [1.54, 1.807) is 24.3 Å². The molecule has 0 unspecified atom stereocenters. The SMILES string of the molecule is CC(C)COc1ccc(S(=O)(=O)N2CCNCc3ccccc32)cc1.Cl. The molecule has 26 heavy (non-hydrogen) atoms. The molecule has 2 aromatic carbocycles. The quantitative estimate of drug-likeness (QED) is 0.841. The molecule has 0 amide bonds. The molecule has 5 nitrogen and oxygen atoms in total. The minimum atomic E-state index is -3.61. The number of rotatable bonds is 5. The van der Waals surface area contributed by atoms with Crippen LogP contribution in [0, 0.1) is 5.92 Å². The van der Waals surface area contributed by atoms with Crippen molar-refractivity contribution in [3.8, 4) is 5.75 Å². The van der Waals surface area contributed by atoms with Crippen LogP contribution in [0.4, 0.5) is 5.69 Å². The minimum Gasteiger partial charge on any atom is -0.493 e. The van der Waals surface area contributed by atoms with Gasteiger partial charge in [-0.05, 0) is 41.8 Å². The van der Waals surface area contributed by atoms with Gasteiger partial charge in [0.2, 0.25) is 0 Å². The molecule has 0 fully saturated rings. The van der Waals surface area contributed by atoms with Gasteiger partial charge in [-0.2, -0.15) is 0 Å². The Morgan fingerprint density at radius 3 is 2.50 bits per heavy atom. The van der Waals surface area contributed by atoms with Crippen molar-refractivity contribution in [3.05, 3.63) is 54.1 Å². The number of nitrogens with one attached hydrogen (secondary N) is 1. The molecule has 1 N–H and O–H groups in total. The zero-order valence-corrected chi connectivity index (χ0v) is 16.6. The fourth-order valence-corrected chi connectivity index (χ4v) is 4.28. The molecule has 0 aliphatic carbocycles. The average molecular weight is 397 g/mol. The van der Waals surface area contributed by atoms with Crippen molar-refractivity contribution in [1.29, 1.82) is 0 Å². The highest BCUT2D eigenvalue weighted by atomic mass is 35.5. The van der Waals surface area contributed by atoms with Gasteiger partial charge >= 0.3 is 0 Å². The van der Waals surface area contributed by atoms with E-state index < -0.39 is 10.0 Å². The lowest BCUT2D eigenvalue weighted by Gasteiger charge is -2.24. The zero-order chi connectivity index (χ0) is 17.9. The van der Waals surface area contributed by atoms with Crippen LogP contribution in [-0.2, 0) is 16.6 Å². The van der Waals surface area contributed by atoms with Gasteiger partial charge < -0.3 is 10.1 Å². The van der Waals surface area contributed by atoms with E-state index in [1.807, 2.05) is 24.3 Å². The summed E-state index contributed by atoms with van der Waals surface area (Å²) in [7, 11) is -3.61. The van der Waals surface area contributed by atoms with Gasteiger partial charge in [0.25, 0.3) is 10.0 Å². The highest BCUT2D eigenvalue weighted by Crippen LogP contribution is 2.29. The van der Waals surface area contributed by atoms with Crippen LogP contribution >= 0.6 is 12.4 Å². The second-order valence-electron chi connectivity index (χ2n) is 6.56. The van der Waals surface area contributed by atoms with Crippen molar-refractivity contribution in [2.24, 2.45) is 5.92 Å². The molecule has 0 saturated heterocycles. The van der Waals surface area contributed by atoms with E-state index in [0.29, 0.717) is 37.9 Å². The van der Waals surface area contributed by atoms with Gasteiger partial charge in [0.05, 0.1) is 17.2 Å². The third-order valence-electron chi connectivity index (χ3n) is 4.06. The Bertz CT molecular complexity index is 823. The number of para-hydroxylation sites is 1. The van der Waals surface area contributed by atoms with Crippen molar-refractivity contribution in [2.75, 3.05) is 24.0 Å². The molecule has 2 aromatic rings. The topological polar surface area (TPSA) is 58.6 Å². The van der Waals surface area contributed by atoms with Crippen LogP contribution in [0.5, 0.6) is 5.75 Å². The largest absolute Gasteiger partial charge is 0.493 e. The summed E-state index contributed by atoms with van der Waals surface area (Å²) >= 11 is 0. The molecule has 1 aliphatic rings. The van der Waals surface area contributed by atoms with Crippen molar-refractivity contribution in [3.63, 3.8) is 0 Å².